The van der Waals surface area contributed by atoms with E-state index in [1.54, 1.807) is 0 Å². The highest BCUT2D eigenvalue weighted by atomic mass is 14.9. The summed E-state index contributed by atoms with van der Waals surface area (Å²) in [7, 11) is 0. The Balaban J connectivity index is 1.79. The van der Waals surface area contributed by atoms with E-state index in [0.717, 1.165) is 35.3 Å². The third-order valence-corrected chi connectivity index (χ3v) is 3.72. The molecule has 102 valence electrons. The standard InChI is InChI=1S/C17H19N3/c1-12-4-2-3-5-14(12)7-9-17-19-15-8-6-13(11-18)10-16(15)20-17/h2-6,8,10H,7,9,11,18H2,1H3,(H,19,20). The van der Waals surface area contributed by atoms with E-state index in [0.29, 0.717) is 6.54 Å². The Morgan fingerprint density at radius 2 is 1.95 bits per heavy atom. The number of imidazole rings is 1. The van der Waals surface area contributed by atoms with Crippen LogP contribution in [0, 0.1) is 6.92 Å². The number of rotatable bonds is 4. The minimum absolute atomic E-state index is 0.563. The fraction of sp³-hybridized carbons (Fsp3) is 0.235. The van der Waals surface area contributed by atoms with Crippen LogP contribution >= 0.6 is 0 Å². The van der Waals surface area contributed by atoms with Crippen LogP contribution in [0.1, 0.15) is 22.5 Å². The van der Waals surface area contributed by atoms with Crippen LogP contribution in [0.25, 0.3) is 11.0 Å². The second kappa shape index (κ2) is 5.47. The summed E-state index contributed by atoms with van der Waals surface area (Å²) in [6.45, 7) is 2.72. The molecule has 0 aliphatic carbocycles. The van der Waals surface area contributed by atoms with Gasteiger partial charge in [0.05, 0.1) is 11.0 Å². The summed E-state index contributed by atoms with van der Waals surface area (Å²) < 4.78 is 0. The Kier molecular flexibility index (Phi) is 3.52. The maximum Gasteiger partial charge on any atom is 0.107 e. The molecule has 0 amide bonds. The summed E-state index contributed by atoms with van der Waals surface area (Å²) in [5.41, 5.74) is 11.6. The fourth-order valence-corrected chi connectivity index (χ4v) is 2.50. The van der Waals surface area contributed by atoms with Gasteiger partial charge in [0.15, 0.2) is 0 Å². The van der Waals surface area contributed by atoms with Crippen molar-refractivity contribution >= 4 is 11.0 Å². The minimum atomic E-state index is 0.563. The predicted molar refractivity (Wildman–Crippen MR) is 82.6 cm³/mol. The lowest BCUT2D eigenvalue weighted by Gasteiger charge is -2.03. The van der Waals surface area contributed by atoms with Crippen LogP contribution < -0.4 is 5.73 Å². The summed E-state index contributed by atoms with van der Waals surface area (Å²) in [6, 6.07) is 14.7. The zero-order chi connectivity index (χ0) is 13.9. The first kappa shape index (κ1) is 12.9. The summed E-state index contributed by atoms with van der Waals surface area (Å²) in [4.78, 5) is 8.03. The number of aromatic nitrogens is 2. The van der Waals surface area contributed by atoms with Gasteiger partial charge in [0, 0.05) is 13.0 Å². The molecule has 0 saturated carbocycles. The Bertz CT molecular complexity index is 728. The largest absolute Gasteiger partial charge is 0.342 e. The summed E-state index contributed by atoms with van der Waals surface area (Å²) in [5, 5.41) is 0. The van der Waals surface area contributed by atoms with Crippen molar-refractivity contribution in [3.05, 3.63) is 65.0 Å². The van der Waals surface area contributed by atoms with Crippen LogP contribution in [0.5, 0.6) is 0 Å². The topological polar surface area (TPSA) is 54.7 Å². The van der Waals surface area contributed by atoms with Crippen molar-refractivity contribution in [1.82, 2.24) is 9.97 Å². The molecule has 2 aromatic carbocycles. The number of hydrogen-bond acceptors (Lipinski definition) is 2. The van der Waals surface area contributed by atoms with Gasteiger partial charge in [0.1, 0.15) is 5.82 Å². The van der Waals surface area contributed by atoms with Crippen LogP contribution in [-0.4, -0.2) is 9.97 Å². The Labute approximate surface area is 118 Å². The van der Waals surface area contributed by atoms with Gasteiger partial charge in [0.2, 0.25) is 0 Å². The van der Waals surface area contributed by atoms with E-state index in [1.165, 1.54) is 11.1 Å². The van der Waals surface area contributed by atoms with Crippen molar-refractivity contribution in [3.63, 3.8) is 0 Å². The molecular weight excluding hydrogens is 246 g/mol. The molecule has 1 aromatic heterocycles. The van der Waals surface area contributed by atoms with E-state index in [9.17, 15) is 0 Å². The Morgan fingerprint density at radius 1 is 1.10 bits per heavy atom. The highest BCUT2D eigenvalue weighted by Gasteiger charge is 2.05. The second-order valence-electron chi connectivity index (χ2n) is 5.17. The van der Waals surface area contributed by atoms with Gasteiger partial charge in [-0.3, -0.25) is 0 Å². The number of aromatic amines is 1. The molecule has 3 rings (SSSR count). The number of benzene rings is 2. The zero-order valence-electron chi connectivity index (χ0n) is 11.7. The number of H-pyrrole nitrogens is 1. The normalized spacial score (nSPS) is 11.1. The molecule has 0 atom stereocenters. The van der Waals surface area contributed by atoms with Crippen LogP contribution in [-0.2, 0) is 19.4 Å². The molecule has 0 saturated heterocycles. The first-order valence-electron chi connectivity index (χ1n) is 6.98. The molecule has 3 aromatic rings. The van der Waals surface area contributed by atoms with Crippen molar-refractivity contribution in [2.45, 2.75) is 26.3 Å². The molecule has 0 bridgehead atoms. The molecule has 3 heteroatoms. The predicted octanol–water partition coefficient (Wildman–Crippen LogP) is 3.12. The monoisotopic (exact) mass is 265 g/mol. The van der Waals surface area contributed by atoms with Crippen molar-refractivity contribution < 1.29 is 0 Å². The van der Waals surface area contributed by atoms with Gasteiger partial charge in [-0.25, -0.2) is 4.98 Å². The van der Waals surface area contributed by atoms with Gasteiger partial charge in [0.25, 0.3) is 0 Å². The van der Waals surface area contributed by atoms with E-state index in [4.69, 9.17) is 5.73 Å². The molecular formula is C17H19N3. The molecule has 0 aliphatic heterocycles. The number of nitrogens with two attached hydrogens (primary N) is 1. The molecule has 20 heavy (non-hydrogen) atoms. The maximum atomic E-state index is 5.66. The van der Waals surface area contributed by atoms with E-state index in [1.807, 2.05) is 12.1 Å². The lowest BCUT2D eigenvalue weighted by Crippen LogP contribution is -1.95. The summed E-state index contributed by atoms with van der Waals surface area (Å²) >= 11 is 0. The third-order valence-electron chi connectivity index (χ3n) is 3.72. The van der Waals surface area contributed by atoms with Gasteiger partial charge in [-0.05, 0) is 42.2 Å². The van der Waals surface area contributed by atoms with Gasteiger partial charge >= 0.3 is 0 Å². The van der Waals surface area contributed by atoms with E-state index in [-0.39, 0.29) is 0 Å². The molecule has 0 fully saturated rings. The maximum absolute atomic E-state index is 5.66. The fourth-order valence-electron chi connectivity index (χ4n) is 2.50. The second-order valence-corrected chi connectivity index (χ2v) is 5.17. The van der Waals surface area contributed by atoms with E-state index >= 15 is 0 Å². The SMILES string of the molecule is Cc1ccccc1CCc1nc2ccc(CN)cc2[nH]1. The van der Waals surface area contributed by atoms with Crippen molar-refractivity contribution in [2.24, 2.45) is 5.73 Å². The average Bonchev–Trinajstić information content (AvgIpc) is 2.88. The van der Waals surface area contributed by atoms with Gasteiger partial charge in [-0.2, -0.15) is 0 Å². The van der Waals surface area contributed by atoms with Crippen LogP contribution in [0.15, 0.2) is 42.5 Å². The lowest BCUT2D eigenvalue weighted by atomic mass is 10.0. The van der Waals surface area contributed by atoms with Gasteiger partial charge in [-0.15, -0.1) is 0 Å². The number of nitrogens with one attached hydrogen (secondary N) is 1. The van der Waals surface area contributed by atoms with Crippen molar-refractivity contribution in [3.8, 4) is 0 Å². The number of hydrogen-bond donors (Lipinski definition) is 2. The minimum Gasteiger partial charge on any atom is -0.342 e. The van der Waals surface area contributed by atoms with Crippen molar-refractivity contribution in [2.75, 3.05) is 0 Å². The molecule has 1 heterocycles. The summed E-state index contributed by atoms with van der Waals surface area (Å²) in [5.74, 6) is 1.04. The van der Waals surface area contributed by atoms with Crippen LogP contribution in [0.2, 0.25) is 0 Å². The smallest absolute Gasteiger partial charge is 0.107 e. The van der Waals surface area contributed by atoms with Crippen molar-refractivity contribution in [1.29, 1.82) is 0 Å². The summed E-state index contributed by atoms with van der Waals surface area (Å²) in [6.07, 6.45) is 1.94. The molecule has 3 N–H and O–H groups in total. The molecule has 0 spiro atoms. The van der Waals surface area contributed by atoms with Crippen LogP contribution in [0.3, 0.4) is 0 Å². The first-order valence-corrected chi connectivity index (χ1v) is 6.98. The molecule has 3 nitrogen and oxygen atoms in total. The molecule has 0 aliphatic rings. The van der Waals surface area contributed by atoms with Crippen LogP contribution in [0.4, 0.5) is 0 Å². The van der Waals surface area contributed by atoms with Gasteiger partial charge < -0.3 is 10.7 Å². The third kappa shape index (κ3) is 2.58. The lowest BCUT2D eigenvalue weighted by molar-refractivity contribution is 0.884. The molecule has 0 unspecified atom stereocenters. The number of fused-ring (bicyclic) bond motifs is 1. The average molecular weight is 265 g/mol. The first-order chi connectivity index (χ1) is 9.76. The number of nitrogens with zero attached hydrogens (tertiary/aromatic N) is 1. The highest BCUT2D eigenvalue weighted by molar-refractivity contribution is 5.75. The van der Waals surface area contributed by atoms with Gasteiger partial charge in [-0.1, -0.05) is 30.3 Å². The highest BCUT2D eigenvalue weighted by Crippen LogP contribution is 2.16. The quantitative estimate of drug-likeness (QED) is 0.761. The molecule has 0 radical (unpaired) electrons. The number of aryl methyl sites for hydroxylation is 3. The Hall–Kier alpha value is -2.13. The van der Waals surface area contributed by atoms with E-state index in [2.05, 4.69) is 47.2 Å². The van der Waals surface area contributed by atoms with E-state index < -0.39 is 0 Å². The zero-order valence-corrected chi connectivity index (χ0v) is 11.7. The Morgan fingerprint density at radius 3 is 2.75 bits per heavy atom.